The Labute approximate surface area is 386 Å². The van der Waals surface area contributed by atoms with Crippen molar-refractivity contribution in [2.24, 2.45) is 0 Å². The first-order valence-electron chi connectivity index (χ1n) is 23.4. The van der Waals surface area contributed by atoms with Crippen LogP contribution in [0.1, 0.15) is 150 Å². The van der Waals surface area contributed by atoms with Gasteiger partial charge in [0.15, 0.2) is 0 Å². The van der Waals surface area contributed by atoms with Crippen LogP contribution in [0.15, 0.2) is 121 Å². The third-order valence-corrected chi connectivity index (χ3v) is 12.7. The summed E-state index contributed by atoms with van der Waals surface area (Å²) >= 11 is 0. The molecule has 0 N–H and O–H groups in total. The van der Waals surface area contributed by atoms with E-state index in [2.05, 4.69) is 228 Å². The fourth-order valence-corrected chi connectivity index (χ4v) is 8.97. The van der Waals surface area contributed by atoms with Crippen LogP contribution >= 0.6 is 0 Å². The summed E-state index contributed by atoms with van der Waals surface area (Å²) in [7, 11) is 0. The van der Waals surface area contributed by atoms with Gasteiger partial charge in [-0.15, -0.1) is 0 Å². The Balaban J connectivity index is 1.37. The van der Waals surface area contributed by atoms with E-state index in [4.69, 9.17) is 9.47 Å². The highest BCUT2D eigenvalue weighted by molar-refractivity contribution is 5.66. The second-order valence-corrected chi connectivity index (χ2v) is 22.5. The minimum absolute atomic E-state index is 0.0387. The van der Waals surface area contributed by atoms with Crippen LogP contribution in [-0.2, 0) is 61.1 Å². The molecule has 6 aromatic rings. The molecule has 336 valence electrons. The highest BCUT2D eigenvalue weighted by atomic mass is 16.5. The number of aryl methyl sites for hydroxylation is 2. The number of ether oxygens (including phenoxy) is 2. The lowest BCUT2D eigenvalue weighted by molar-refractivity contribution is 0.293. The molecule has 0 amide bonds. The molecule has 4 nitrogen and oxygen atoms in total. The Morgan fingerprint density at radius 3 is 1.11 bits per heavy atom. The number of hydrogen-bond acceptors (Lipinski definition) is 4. The maximum absolute atomic E-state index is 7.00. The van der Waals surface area contributed by atoms with Crippen molar-refractivity contribution in [1.82, 2.24) is 0 Å². The van der Waals surface area contributed by atoms with Crippen LogP contribution in [0.5, 0.6) is 11.5 Å². The molecule has 4 heteroatoms. The summed E-state index contributed by atoms with van der Waals surface area (Å²) < 4.78 is 14.0. The maximum atomic E-state index is 7.00. The molecule has 1 aliphatic heterocycles. The number of fused-ring (bicyclic) bond motifs is 2. The molecule has 0 aliphatic carbocycles. The summed E-state index contributed by atoms with van der Waals surface area (Å²) in [5, 5.41) is 0. The van der Waals surface area contributed by atoms with E-state index in [9.17, 15) is 0 Å². The lowest BCUT2D eigenvalue weighted by Crippen LogP contribution is -2.32. The van der Waals surface area contributed by atoms with Gasteiger partial charge < -0.3 is 19.3 Å². The molecule has 0 bridgehead atoms. The van der Waals surface area contributed by atoms with Crippen LogP contribution < -0.4 is 19.3 Å². The van der Waals surface area contributed by atoms with E-state index in [1.807, 2.05) is 0 Å². The SMILES string of the molecule is Cc1ccc2c(c1)CN(Cc1cc(C(C)(C)C)cc(C(C)(C)C)c1OCc1ccccc1)c1ccc(C)cc1CN2Cc1cc(C(C)(C)C)cc(C(C)(C)C)c1OCc1ccccc1. The zero-order valence-corrected chi connectivity index (χ0v) is 41.5. The topological polar surface area (TPSA) is 24.9 Å². The Morgan fingerprint density at radius 1 is 0.422 bits per heavy atom. The summed E-state index contributed by atoms with van der Waals surface area (Å²) in [6, 6.07) is 44.9. The lowest BCUT2D eigenvalue weighted by Gasteiger charge is -2.38. The number of anilines is 2. The van der Waals surface area contributed by atoms with Crippen LogP contribution in [0.2, 0.25) is 0 Å². The fraction of sp³-hybridized carbons (Fsp3) is 0.400. The number of nitrogens with zero attached hydrogens (tertiary/aromatic N) is 2. The van der Waals surface area contributed by atoms with Gasteiger partial charge in [-0.2, -0.15) is 0 Å². The molecule has 0 radical (unpaired) electrons. The van der Waals surface area contributed by atoms with Gasteiger partial charge in [0.2, 0.25) is 0 Å². The summed E-state index contributed by atoms with van der Waals surface area (Å²) in [6.45, 7) is 36.2. The van der Waals surface area contributed by atoms with Gasteiger partial charge in [0.25, 0.3) is 0 Å². The zero-order valence-electron chi connectivity index (χ0n) is 41.5. The smallest absolute Gasteiger partial charge is 0.128 e. The van der Waals surface area contributed by atoms with Crippen molar-refractivity contribution >= 4 is 11.4 Å². The van der Waals surface area contributed by atoms with Gasteiger partial charge in [-0.25, -0.2) is 0 Å². The minimum atomic E-state index is -0.127. The Hall–Kier alpha value is -5.48. The van der Waals surface area contributed by atoms with Crippen molar-refractivity contribution in [3.05, 3.63) is 188 Å². The first-order valence-corrected chi connectivity index (χ1v) is 23.4. The van der Waals surface area contributed by atoms with Crippen molar-refractivity contribution in [3.63, 3.8) is 0 Å². The van der Waals surface area contributed by atoms with E-state index < -0.39 is 0 Å². The number of benzene rings is 6. The van der Waals surface area contributed by atoms with Crippen molar-refractivity contribution in [3.8, 4) is 11.5 Å². The summed E-state index contributed by atoms with van der Waals surface area (Å²) in [5.41, 5.74) is 17.3. The molecule has 0 saturated heterocycles. The quantitative estimate of drug-likeness (QED) is 0.137. The van der Waals surface area contributed by atoms with Gasteiger partial charge in [-0.3, -0.25) is 0 Å². The third-order valence-electron chi connectivity index (χ3n) is 12.7. The third kappa shape index (κ3) is 10.9. The molecule has 64 heavy (non-hydrogen) atoms. The Morgan fingerprint density at radius 2 is 0.781 bits per heavy atom. The largest absolute Gasteiger partial charge is 0.488 e. The van der Waals surface area contributed by atoms with Gasteiger partial charge in [-0.1, -0.05) is 191 Å². The van der Waals surface area contributed by atoms with Crippen LogP contribution in [0.4, 0.5) is 11.4 Å². The van der Waals surface area contributed by atoms with Gasteiger partial charge >= 0.3 is 0 Å². The molecule has 6 aromatic carbocycles. The molecule has 0 fully saturated rings. The monoisotopic (exact) mass is 855 g/mol. The van der Waals surface area contributed by atoms with Gasteiger partial charge in [0.1, 0.15) is 24.7 Å². The average molecular weight is 855 g/mol. The second kappa shape index (κ2) is 18.2. The molecule has 0 spiro atoms. The van der Waals surface area contributed by atoms with E-state index in [1.54, 1.807) is 0 Å². The van der Waals surface area contributed by atoms with Crippen LogP contribution in [0.3, 0.4) is 0 Å². The van der Waals surface area contributed by atoms with Crippen molar-refractivity contribution < 1.29 is 9.47 Å². The van der Waals surface area contributed by atoms with E-state index in [1.165, 1.54) is 78.1 Å². The maximum Gasteiger partial charge on any atom is 0.128 e. The molecule has 0 unspecified atom stereocenters. The molecule has 0 aromatic heterocycles. The first kappa shape index (κ1) is 46.5. The normalized spacial score (nSPS) is 13.5. The van der Waals surface area contributed by atoms with Gasteiger partial charge in [-0.05, 0) is 93.2 Å². The number of rotatable bonds is 10. The summed E-state index contributed by atoms with van der Waals surface area (Å²) in [6.07, 6.45) is 0. The summed E-state index contributed by atoms with van der Waals surface area (Å²) in [4.78, 5) is 5.22. The lowest BCUT2D eigenvalue weighted by atomic mass is 9.78. The Kier molecular flexibility index (Phi) is 13.2. The molecular formula is C60H74N2O2. The average Bonchev–Trinajstić information content (AvgIpc) is 3.21. The minimum Gasteiger partial charge on any atom is -0.488 e. The van der Waals surface area contributed by atoms with Crippen LogP contribution in [0, 0.1) is 13.8 Å². The van der Waals surface area contributed by atoms with E-state index in [0.717, 1.165) is 24.6 Å². The molecule has 1 heterocycles. The van der Waals surface area contributed by atoms with E-state index in [-0.39, 0.29) is 21.7 Å². The van der Waals surface area contributed by atoms with Crippen molar-refractivity contribution in [2.75, 3.05) is 9.80 Å². The first-order chi connectivity index (χ1) is 30.0. The zero-order chi connectivity index (χ0) is 46.2. The van der Waals surface area contributed by atoms with Crippen LogP contribution in [0.25, 0.3) is 0 Å². The van der Waals surface area contributed by atoms with Gasteiger partial charge in [0, 0.05) is 59.8 Å². The highest BCUT2D eigenvalue weighted by Gasteiger charge is 2.31. The van der Waals surface area contributed by atoms with Crippen LogP contribution in [-0.4, -0.2) is 0 Å². The molecule has 0 saturated carbocycles. The highest BCUT2D eigenvalue weighted by Crippen LogP contribution is 2.44. The number of hydrogen-bond donors (Lipinski definition) is 0. The molecular weight excluding hydrogens is 781 g/mol. The summed E-state index contributed by atoms with van der Waals surface area (Å²) in [5.74, 6) is 2.00. The van der Waals surface area contributed by atoms with Crippen molar-refractivity contribution in [2.45, 2.75) is 158 Å². The van der Waals surface area contributed by atoms with Crippen molar-refractivity contribution in [1.29, 1.82) is 0 Å². The Bertz CT molecular complexity index is 2380. The predicted molar refractivity (Wildman–Crippen MR) is 271 cm³/mol. The van der Waals surface area contributed by atoms with E-state index in [0.29, 0.717) is 26.3 Å². The predicted octanol–water partition coefficient (Wildman–Crippen LogP) is 15.4. The second-order valence-electron chi connectivity index (χ2n) is 22.5. The molecule has 1 aliphatic rings. The molecule has 0 atom stereocenters. The van der Waals surface area contributed by atoms with Gasteiger partial charge in [0.05, 0.1) is 0 Å². The van der Waals surface area contributed by atoms with E-state index >= 15 is 0 Å². The standard InChI is InChI=1S/C60H74N2O2/c1-41-25-27-53-45(29-41)35-61(37-47-31-49(57(3,4)5)33-51(59(9,10)11)55(47)63-39-43-21-17-15-18-22-43)54-28-26-42(2)30-46(54)36-62(53)38-48-32-50(58(6,7)8)34-52(60(12,13)14)56(48)64-40-44-23-19-16-20-24-44/h15-34H,35-40H2,1-14H3. The molecule has 7 rings (SSSR count). The fourth-order valence-electron chi connectivity index (χ4n) is 8.97.